The van der Waals surface area contributed by atoms with Crippen molar-refractivity contribution in [2.75, 3.05) is 0 Å². The van der Waals surface area contributed by atoms with Crippen LogP contribution in [0.1, 0.15) is 19.8 Å². The van der Waals surface area contributed by atoms with Crippen LogP contribution >= 0.6 is 0 Å². The van der Waals surface area contributed by atoms with Gasteiger partial charge in [-0.05, 0) is 19.8 Å². The molecular formula is C6H11NO3. The lowest BCUT2D eigenvalue weighted by Gasteiger charge is -2.42. The Labute approximate surface area is 58.9 Å². The Balaban J connectivity index is 2.34. The predicted octanol–water partition coefficient (Wildman–Crippen LogP) is 0.167. The van der Waals surface area contributed by atoms with Crippen LogP contribution in [0.3, 0.4) is 0 Å². The standard InChI is InChI=1S/C6H11NO3/c1-6(7-5(9)10)2-4(8)3-6/h4,7-8H,2-3H2,1H3,(H,9,10). The van der Waals surface area contributed by atoms with Crippen molar-refractivity contribution in [3.63, 3.8) is 0 Å². The second-order valence-corrected chi connectivity index (χ2v) is 3.05. The van der Waals surface area contributed by atoms with Gasteiger partial charge in [-0.2, -0.15) is 0 Å². The van der Waals surface area contributed by atoms with Crippen molar-refractivity contribution in [2.24, 2.45) is 0 Å². The number of aliphatic hydroxyl groups is 1. The molecule has 0 aromatic rings. The van der Waals surface area contributed by atoms with Gasteiger partial charge >= 0.3 is 6.09 Å². The molecule has 0 spiro atoms. The van der Waals surface area contributed by atoms with Crippen molar-refractivity contribution in [2.45, 2.75) is 31.4 Å². The summed E-state index contributed by atoms with van der Waals surface area (Å²) in [5.74, 6) is 0. The van der Waals surface area contributed by atoms with Gasteiger partial charge in [-0.15, -0.1) is 0 Å². The molecule has 0 bridgehead atoms. The molecule has 1 aliphatic carbocycles. The van der Waals surface area contributed by atoms with Crippen LogP contribution in [0, 0.1) is 0 Å². The van der Waals surface area contributed by atoms with E-state index in [2.05, 4.69) is 5.32 Å². The van der Waals surface area contributed by atoms with Gasteiger partial charge in [0.05, 0.1) is 6.10 Å². The highest BCUT2D eigenvalue weighted by Crippen LogP contribution is 2.31. The van der Waals surface area contributed by atoms with Gasteiger partial charge in [-0.1, -0.05) is 0 Å². The number of carbonyl (C=O) groups is 1. The molecule has 1 rings (SSSR count). The summed E-state index contributed by atoms with van der Waals surface area (Å²) in [6, 6.07) is 0. The number of hydrogen-bond acceptors (Lipinski definition) is 2. The van der Waals surface area contributed by atoms with Crippen molar-refractivity contribution >= 4 is 6.09 Å². The van der Waals surface area contributed by atoms with E-state index in [0.717, 1.165) is 0 Å². The van der Waals surface area contributed by atoms with Crippen LogP contribution in [0.4, 0.5) is 4.79 Å². The van der Waals surface area contributed by atoms with Crippen molar-refractivity contribution < 1.29 is 15.0 Å². The van der Waals surface area contributed by atoms with Crippen LogP contribution in [-0.4, -0.2) is 27.9 Å². The number of hydrogen-bond donors (Lipinski definition) is 3. The highest BCUT2D eigenvalue weighted by Gasteiger charge is 2.40. The third-order valence-electron chi connectivity index (χ3n) is 1.78. The number of carboxylic acid groups (broad SMARTS) is 1. The molecule has 0 heterocycles. The fraction of sp³-hybridized carbons (Fsp3) is 0.833. The van der Waals surface area contributed by atoms with Crippen LogP contribution < -0.4 is 5.32 Å². The Bertz CT molecular complexity index is 151. The lowest BCUT2D eigenvalue weighted by molar-refractivity contribution is 0.0141. The number of amides is 1. The highest BCUT2D eigenvalue weighted by molar-refractivity contribution is 5.65. The Morgan fingerprint density at radius 3 is 2.50 bits per heavy atom. The Morgan fingerprint density at radius 1 is 1.70 bits per heavy atom. The summed E-state index contributed by atoms with van der Waals surface area (Å²) in [7, 11) is 0. The summed E-state index contributed by atoms with van der Waals surface area (Å²) in [5, 5.41) is 19.5. The summed E-state index contributed by atoms with van der Waals surface area (Å²) in [6.45, 7) is 1.79. The van der Waals surface area contributed by atoms with Gasteiger partial charge in [0.1, 0.15) is 0 Å². The van der Waals surface area contributed by atoms with Gasteiger partial charge in [0.25, 0.3) is 0 Å². The van der Waals surface area contributed by atoms with Crippen LogP contribution in [0.15, 0.2) is 0 Å². The fourth-order valence-corrected chi connectivity index (χ4v) is 1.34. The zero-order valence-electron chi connectivity index (χ0n) is 5.79. The Morgan fingerprint density at radius 2 is 2.20 bits per heavy atom. The molecule has 0 radical (unpaired) electrons. The summed E-state index contributed by atoms with van der Waals surface area (Å²) in [6.07, 6.45) is -0.287. The summed E-state index contributed by atoms with van der Waals surface area (Å²) in [4.78, 5) is 10.1. The molecule has 58 valence electrons. The van der Waals surface area contributed by atoms with Gasteiger partial charge < -0.3 is 15.5 Å². The molecule has 4 heteroatoms. The molecule has 0 unspecified atom stereocenters. The van der Waals surface area contributed by atoms with Gasteiger partial charge in [-0.3, -0.25) is 0 Å². The summed E-state index contributed by atoms with van der Waals surface area (Å²) >= 11 is 0. The first-order valence-electron chi connectivity index (χ1n) is 3.21. The number of nitrogens with one attached hydrogen (secondary N) is 1. The maximum Gasteiger partial charge on any atom is 0.405 e. The smallest absolute Gasteiger partial charge is 0.405 e. The molecule has 0 saturated heterocycles. The van der Waals surface area contributed by atoms with Crippen molar-refractivity contribution in [3.8, 4) is 0 Å². The third-order valence-corrected chi connectivity index (χ3v) is 1.78. The monoisotopic (exact) mass is 145 g/mol. The van der Waals surface area contributed by atoms with Gasteiger partial charge in [-0.25, -0.2) is 4.79 Å². The average Bonchev–Trinajstić information content (AvgIpc) is 1.57. The van der Waals surface area contributed by atoms with Crippen molar-refractivity contribution in [3.05, 3.63) is 0 Å². The van der Waals surface area contributed by atoms with Crippen molar-refractivity contribution in [1.29, 1.82) is 0 Å². The first kappa shape index (κ1) is 7.34. The second-order valence-electron chi connectivity index (χ2n) is 3.05. The molecule has 10 heavy (non-hydrogen) atoms. The zero-order chi connectivity index (χ0) is 7.78. The lowest BCUT2D eigenvalue weighted by atomic mass is 9.76. The minimum absolute atomic E-state index is 0.322. The van der Waals surface area contributed by atoms with E-state index in [9.17, 15) is 4.79 Å². The van der Waals surface area contributed by atoms with Crippen molar-refractivity contribution in [1.82, 2.24) is 5.32 Å². The minimum Gasteiger partial charge on any atom is -0.465 e. The molecule has 0 aromatic heterocycles. The Hall–Kier alpha value is -0.770. The maximum absolute atomic E-state index is 10.1. The lowest BCUT2D eigenvalue weighted by Crippen LogP contribution is -2.56. The van der Waals surface area contributed by atoms with E-state index in [4.69, 9.17) is 10.2 Å². The molecule has 0 aromatic carbocycles. The van der Waals surface area contributed by atoms with Gasteiger partial charge in [0, 0.05) is 5.54 Å². The summed E-state index contributed by atoms with van der Waals surface area (Å²) < 4.78 is 0. The van der Waals surface area contributed by atoms with Crippen LogP contribution in [0.5, 0.6) is 0 Å². The van der Waals surface area contributed by atoms with E-state index in [-0.39, 0.29) is 11.6 Å². The van der Waals surface area contributed by atoms with E-state index >= 15 is 0 Å². The molecule has 4 nitrogen and oxygen atoms in total. The predicted molar refractivity (Wildman–Crippen MR) is 34.8 cm³/mol. The van der Waals surface area contributed by atoms with E-state index < -0.39 is 6.09 Å². The minimum atomic E-state index is -1.02. The molecule has 1 fully saturated rings. The first-order chi connectivity index (χ1) is 4.52. The maximum atomic E-state index is 10.1. The molecule has 3 N–H and O–H groups in total. The van der Waals surface area contributed by atoms with Gasteiger partial charge in [0.15, 0.2) is 0 Å². The average molecular weight is 145 g/mol. The Kier molecular flexibility index (Phi) is 1.56. The van der Waals surface area contributed by atoms with E-state index in [0.29, 0.717) is 12.8 Å². The normalized spacial score (nSPS) is 38.4. The molecule has 0 atom stereocenters. The number of rotatable bonds is 1. The molecule has 1 amide bonds. The highest BCUT2D eigenvalue weighted by atomic mass is 16.4. The summed E-state index contributed by atoms with van der Waals surface area (Å²) in [5.41, 5.74) is -0.384. The SMILES string of the molecule is CC1(NC(=O)O)CC(O)C1. The molecule has 1 saturated carbocycles. The van der Waals surface area contributed by atoms with Crippen LogP contribution in [0.2, 0.25) is 0 Å². The third kappa shape index (κ3) is 1.39. The van der Waals surface area contributed by atoms with E-state index in [1.807, 2.05) is 0 Å². The fourth-order valence-electron chi connectivity index (χ4n) is 1.34. The van der Waals surface area contributed by atoms with Crippen LogP contribution in [0.25, 0.3) is 0 Å². The second kappa shape index (κ2) is 2.12. The largest absolute Gasteiger partial charge is 0.465 e. The van der Waals surface area contributed by atoms with E-state index in [1.54, 1.807) is 6.92 Å². The molecular weight excluding hydrogens is 134 g/mol. The zero-order valence-corrected chi connectivity index (χ0v) is 5.79. The molecule has 0 aliphatic heterocycles. The first-order valence-corrected chi connectivity index (χ1v) is 3.21. The topological polar surface area (TPSA) is 69.6 Å². The molecule has 1 aliphatic rings. The quantitative estimate of drug-likeness (QED) is 0.492. The van der Waals surface area contributed by atoms with Gasteiger partial charge in [0.2, 0.25) is 0 Å². The van der Waals surface area contributed by atoms with Crippen LogP contribution in [-0.2, 0) is 0 Å². The number of aliphatic hydroxyl groups excluding tert-OH is 1. The van der Waals surface area contributed by atoms with E-state index in [1.165, 1.54) is 0 Å².